The quantitative estimate of drug-likeness (QED) is 0.563. The van der Waals surface area contributed by atoms with Gasteiger partial charge < -0.3 is 19.5 Å². The van der Waals surface area contributed by atoms with Crippen molar-refractivity contribution in [2.24, 2.45) is 0 Å². The van der Waals surface area contributed by atoms with Crippen LogP contribution in [0.5, 0.6) is 11.5 Å². The predicted molar refractivity (Wildman–Crippen MR) is 121 cm³/mol. The minimum atomic E-state index is -0.963. The Bertz CT molecular complexity index is 1230. The van der Waals surface area contributed by atoms with Gasteiger partial charge in [-0.1, -0.05) is 12.1 Å². The molecule has 0 spiro atoms. The van der Waals surface area contributed by atoms with Gasteiger partial charge in [-0.05, 0) is 71.1 Å². The number of methoxy groups -OCH3 is 1. The smallest absolute Gasteiger partial charge is 0.307 e. The first-order chi connectivity index (χ1) is 16.4. The second kappa shape index (κ2) is 9.91. The zero-order valence-electron chi connectivity index (χ0n) is 18.5. The lowest BCUT2D eigenvalue weighted by Gasteiger charge is -2.31. The summed E-state index contributed by atoms with van der Waals surface area (Å²) in [7, 11) is 1.51. The Hall–Kier alpha value is -3.94. The maximum atomic E-state index is 14.7. The van der Waals surface area contributed by atoms with E-state index in [1.807, 2.05) is 0 Å². The van der Waals surface area contributed by atoms with Gasteiger partial charge in [-0.2, -0.15) is 0 Å². The first kappa shape index (κ1) is 23.2. The van der Waals surface area contributed by atoms with Crippen LogP contribution < -0.4 is 9.47 Å². The summed E-state index contributed by atoms with van der Waals surface area (Å²) in [5.74, 6) is -1.10. The molecule has 34 heavy (non-hydrogen) atoms. The molecule has 1 amide bonds. The van der Waals surface area contributed by atoms with E-state index in [-0.39, 0.29) is 31.3 Å². The van der Waals surface area contributed by atoms with E-state index >= 15 is 0 Å². The second-order valence-electron chi connectivity index (χ2n) is 7.97. The molecule has 4 rings (SSSR count). The van der Waals surface area contributed by atoms with E-state index in [1.165, 1.54) is 37.4 Å². The van der Waals surface area contributed by atoms with E-state index in [1.54, 1.807) is 29.2 Å². The number of nitrogens with zero attached hydrogens (tertiary/aromatic N) is 1. The van der Waals surface area contributed by atoms with E-state index in [9.17, 15) is 23.5 Å². The van der Waals surface area contributed by atoms with E-state index < -0.39 is 11.8 Å². The summed E-state index contributed by atoms with van der Waals surface area (Å²) in [5, 5.41) is 9.17. The fraction of sp³-hybridized carbons (Fsp3) is 0.231. The number of fused-ring (bicyclic) bond motifs is 1. The van der Waals surface area contributed by atoms with Crippen molar-refractivity contribution in [2.75, 3.05) is 20.3 Å². The molecule has 1 aliphatic rings. The SMILES string of the molecule is COc1ccc(CC(=O)O)cc1-c1ccc(F)c2c1CN(C(=O)COc1ccc(F)cc1)CC2. The zero-order chi connectivity index (χ0) is 24.2. The first-order valence-electron chi connectivity index (χ1n) is 10.7. The van der Waals surface area contributed by atoms with E-state index in [4.69, 9.17) is 9.47 Å². The van der Waals surface area contributed by atoms with Gasteiger partial charge >= 0.3 is 5.97 Å². The van der Waals surface area contributed by atoms with Crippen molar-refractivity contribution >= 4 is 11.9 Å². The molecule has 6 nitrogen and oxygen atoms in total. The first-order valence-corrected chi connectivity index (χ1v) is 10.7. The second-order valence-corrected chi connectivity index (χ2v) is 7.97. The Labute approximate surface area is 195 Å². The third-order valence-corrected chi connectivity index (χ3v) is 5.79. The molecular formula is C26H23F2NO5. The minimum absolute atomic E-state index is 0.161. The molecular weight excluding hydrogens is 444 g/mol. The van der Waals surface area contributed by atoms with Crippen molar-refractivity contribution < 1.29 is 33.0 Å². The molecule has 0 aromatic heterocycles. The van der Waals surface area contributed by atoms with Crippen LogP contribution in [0.25, 0.3) is 11.1 Å². The van der Waals surface area contributed by atoms with Crippen molar-refractivity contribution in [1.82, 2.24) is 4.90 Å². The van der Waals surface area contributed by atoms with Crippen LogP contribution >= 0.6 is 0 Å². The van der Waals surface area contributed by atoms with Gasteiger partial charge in [-0.25, -0.2) is 8.78 Å². The fourth-order valence-corrected chi connectivity index (χ4v) is 4.11. The van der Waals surface area contributed by atoms with Crippen LogP contribution in [-0.4, -0.2) is 42.1 Å². The number of rotatable bonds is 7. The molecule has 0 bridgehead atoms. The predicted octanol–water partition coefficient (Wildman–Crippen LogP) is 4.23. The molecule has 0 aliphatic carbocycles. The number of amides is 1. The van der Waals surface area contributed by atoms with Crippen LogP contribution in [0.1, 0.15) is 16.7 Å². The van der Waals surface area contributed by atoms with E-state index in [0.29, 0.717) is 52.3 Å². The standard InChI is InChI=1S/C26H23F2NO5/c1-33-24-9-2-16(13-26(31)32)12-21(24)19-7-8-23(28)20-10-11-29(14-22(19)20)25(30)15-34-18-5-3-17(27)4-6-18/h2-9,12H,10-11,13-15H2,1H3,(H,31,32). The molecule has 0 saturated carbocycles. The summed E-state index contributed by atoms with van der Waals surface area (Å²) in [6.45, 7) is 0.262. The number of carbonyl (C=O) groups excluding carboxylic acids is 1. The number of aliphatic carboxylic acids is 1. The molecule has 0 atom stereocenters. The van der Waals surface area contributed by atoms with Crippen LogP contribution in [0.2, 0.25) is 0 Å². The van der Waals surface area contributed by atoms with Crippen LogP contribution in [-0.2, 0) is 29.0 Å². The van der Waals surface area contributed by atoms with Gasteiger partial charge in [-0.15, -0.1) is 0 Å². The Balaban J connectivity index is 1.62. The number of benzene rings is 3. The third kappa shape index (κ3) is 5.01. The molecule has 176 valence electrons. The highest BCUT2D eigenvalue weighted by Crippen LogP contribution is 2.37. The highest BCUT2D eigenvalue weighted by atomic mass is 19.1. The molecule has 1 heterocycles. The molecule has 3 aromatic carbocycles. The Morgan fingerprint density at radius 1 is 1.00 bits per heavy atom. The number of carboxylic acid groups (broad SMARTS) is 1. The topological polar surface area (TPSA) is 76.1 Å². The number of ether oxygens (including phenoxy) is 2. The Kier molecular flexibility index (Phi) is 6.77. The molecule has 0 radical (unpaired) electrons. The summed E-state index contributed by atoms with van der Waals surface area (Å²) in [6, 6.07) is 13.5. The Morgan fingerprint density at radius 2 is 1.76 bits per heavy atom. The maximum Gasteiger partial charge on any atom is 0.307 e. The van der Waals surface area contributed by atoms with E-state index in [0.717, 1.165) is 0 Å². The van der Waals surface area contributed by atoms with Gasteiger partial charge in [-0.3, -0.25) is 9.59 Å². The minimum Gasteiger partial charge on any atom is -0.496 e. The molecule has 1 N–H and O–H groups in total. The monoisotopic (exact) mass is 467 g/mol. The van der Waals surface area contributed by atoms with E-state index in [2.05, 4.69) is 0 Å². The highest BCUT2D eigenvalue weighted by Gasteiger charge is 2.27. The van der Waals surface area contributed by atoms with Crippen LogP contribution in [0, 0.1) is 11.6 Å². The molecule has 8 heteroatoms. The molecule has 0 unspecified atom stereocenters. The number of carbonyl (C=O) groups is 2. The number of hydrogen-bond donors (Lipinski definition) is 1. The largest absolute Gasteiger partial charge is 0.496 e. The number of halogens is 2. The lowest BCUT2D eigenvalue weighted by atomic mass is 9.89. The van der Waals surface area contributed by atoms with Crippen molar-refractivity contribution in [3.63, 3.8) is 0 Å². The summed E-state index contributed by atoms with van der Waals surface area (Å²) < 4.78 is 38.7. The lowest BCUT2D eigenvalue weighted by Crippen LogP contribution is -2.39. The average Bonchev–Trinajstić information content (AvgIpc) is 2.83. The number of carboxylic acids is 1. The summed E-state index contributed by atoms with van der Waals surface area (Å²) in [4.78, 5) is 25.6. The van der Waals surface area contributed by atoms with Crippen molar-refractivity contribution in [2.45, 2.75) is 19.4 Å². The summed E-state index contributed by atoms with van der Waals surface area (Å²) >= 11 is 0. The van der Waals surface area contributed by atoms with Gasteiger partial charge in [0, 0.05) is 18.7 Å². The maximum absolute atomic E-state index is 14.7. The summed E-state index contributed by atoms with van der Waals surface area (Å²) in [5.41, 5.74) is 3.06. The Morgan fingerprint density at radius 3 is 2.47 bits per heavy atom. The fourth-order valence-electron chi connectivity index (χ4n) is 4.11. The lowest BCUT2D eigenvalue weighted by molar-refractivity contribution is -0.136. The van der Waals surface area contributed by atoms with Crippen LogP contribution in [0.3, 0.4) is 0 Å². The third-order valence-electron chi connectivity index (χ3n) is 5.79. The highest BCUT2D eigenvalue weighted by molar-refractivity contribution is 5.81. The van der Waals surface area contributed by atoms with Gasteiger partial charge in [0.1, 0.15) is 23.1 Å². The van der Waals surface area contributed by atoms with Crippen LogP contribution in [0.15, 0.2) is 54.6 Å². The normalized spacial score (nSPS) is 12.7. The average molecular weight is 467 g/mol. The van der Waals surface area contributed by atoms with Crippen molar-refractivity contribution in [3.8, 4) is 22.6 Å². The van der Waals surface area contributed by atoms with Gasteiger partial charge in [0.15, 0.2) is 6.61 Å². The molecule has 3 aromatic rings. The van der Waals surface area contributed by atoms with Crippen molar-refractivity contribution in [3.05, 3.63) is 82.9 Å². The van der Waals surface area contributed by atoms with Crippen LogP contribution in [0.4, 0.5) is 8.78 Å². The zero-order valence-corrected chi connectivity index (χ0v) is 18.5. The van der Waals surface area contributed by atoms with Gasteiger partial charge in [0.25, 0.3) is 5.91 Å². The summed E-state index contributed by atoms with van der Waals surface area (Å²) in [6.07, 6.45) is 0.167. The van der Waals surface area contributed by atoms with Crippen molar-refractivity contribution in [1.29, 1.82) is 0 Å². The van der Waals surface area contributed by atoms with Gasteiger partial charge in [0.05, 0.1) is 13.5 Å². The van der Waals surface area contributed by atoms with Gasteiger partial charge in [0.2, 0.25) is 0 Å². The number of hydrogen-bond acceptors (Lipinski definition) is 4. The molecule has 0 fully saturated rings. The molecule has 0 saturated heterocycles. The molecule has 1 aliphatic heterocycles.